The minimum Gasteiger partial charge on any atom is -0.459 e. The van der Waals surface area contributed by atoms with E-state index in [4.69, 9.17) is 4.42 Å². The van der Waals surface area contributed by atoms with Crippen molar-refractivity contribution in [1.82, 2.24) is 4.90 Å². The molecule has 0 spiro atoms. The fourth-order valence-electron chi connectivity index (χ4n) is 3.58. The third-order valence-corrected chi connectivity index (χ3v) is 4.97. The Morgan fingerprint density at radius 3 is 2.75 bits per heavy atom. The van der Waals surface area contributed by atoms with Crippen molar-refractivity contribution in [1.29, 1.82) is 0 Å². The summed E-state index contributed by atoms with van der Waals surface area (Å²) in [4.78, 5) is 26.7. The van der Waals surface area contributed by atoms with Crippen molar-refractivity contribution in [2.75, 3.05) is 11.9 Å². The van der Waals surface area contributed by atoms with Crippen LogP contribution in [0, 0.1) is 6.92 Å². The van der Waals surface area contributed by atoms with Crippen LogP contribution >= 0.6 is 0 Å². The molecule has 2 heterocycles. The molecule has 142 valence electrons. The van der Waals surface area contributed by atoms with Crippen LogP contribution in [-0.4, -0.2) is 23.3 Å². The monoisotopic (exact) mass is 374 g/mol. The summed E-state index contributed by atoms with van der Waals surface area (Å²) < 4.78 is 5.23. The summed E-state index contributed by atoms with van der Waals surface area (Å²) in [5.74, 6) is 0.195. The number of aryl methyl sites for hydroxylation is 1. The number of nitrogens with zero attached hydrogens (tertiary/aromatic N) is 1. The summed E-state index contributed by atoms with van der Waals surface area (Å²) in [7, 11) is 0. The fourth-order valence-corrected chi connectivity index (χ4v) is 3.58. The van der Waals surface area contributed by atoms with Gasteiger partial charge in [-0.2, -0.15) is 0 Å². The van der Waals surface area contributed by atoms with Gasteiger partial charge in [-0.15, -0.1) is 0 Å². The molecular formula is C23H22N2O3. The van der Waals surface area contributed by atoms with Crippen molar-refractivity contribution < 1.29 is 14.0 Å². The number of amides is 2. The number of anilines is 1. The van der Waals surface area contributed by atoms with Crippen molar-refractivity contribution in [3.8, 4) is 0 Å². The van der Waals surface area contributed by atoms with E-state index in [1.54, 1.807) is 17.0 Å². The van der Waals surface area contributed by atoms with Gasteiger partial charge in [0.05, 0.1) is 12.7 Å². The normalized spacial score (nSPS) is 13.1. The first kappa shape index (κ1) is 18.0. The van der Waals surface area contributed by atoms with Crippen molar-refractivity contribution in [2.45, 2.75) is 26.3 Å². The molecule has 0 saturated carbocycles. The molecule has 2 aromatic carbocycles. The molecule has 1 N–H and O–H groups in total. The highest BCUT2D eigenvalue weighted by atomic mass is 16.3. The van der Waals surface area contributed by atoms with Crippen molar-refractivity contribution in [3.05, 3.63) is 88.9 Å². The van der Waals surface area contributed by atoms with Crippen LogP contribution in [-0.2, 0) is 24.2 Å². The summed E-state index contributed by atoms with van der Waals surface area (Å²) >= 11 is 0. The van der Waals surface area contributed by atoms with Crippen molar-refractivity contribution in [2.24, 2.45) is 0 Å². The highest BCUT2D eigenvalue weighted by Crippen LogP contribution is 2.24. The predicted octanol–water partition coefficient (Wildman–Crippen LogP) is 3.97. The molecule has 0 saturated heterocycles. The number of benzene rings is 2. The molecule has 1 aromatic heterocycles. The Bertz CT molecular complexity index is 1010. The van der Waals surface area contributed by atoms with Crippen molar-refractivity contribution >= 4 is 17.5 Å². The Labute approximate surface area is 164 Å². The highest BCUT2D eigenvalue weighted by Gasteiger charge is 2.23. The van der Waals surface area contributed by atoms with Gasteiger partial charge in [0.2, 0.25) is 5.91 Å². The maximum absolute atomic E-state index is 12.5. The van der Waals surface area contributed by atoms with Crippen LogP contribution in [0.1, 0.15) is 32.8 Å². The van der Waals surface area contributed by atoms with Gasteiger partial charge < -0.3 is 14.6 Å². The molecule has 5 nitrogen and oxygen atoms in total. The highest BCUT2D eigenvalue weighted by molar-refractivity contribution is 5.93. The first-order valence-electron chi connectivity index (χ1n) is 9.38. The molecule has 2 amide bonds. The van der Waals surface area contributed by atoms with Crippen LogP contribution in [0.3, 0.4) is 0 Å². The van der Waals surface area contributed by atoms with Gasteiger partial charge in [0, 0.05) is 18.8 Å². The minimum absolute atomic E-state index is 0.0510. The molecule has 0 atom stereocenters. The number of hydrogen-bond donors (Lipinski definition) is 1. The lowest BCUT2D eigenvalue weighted by molar-refractivity contribution is -0.115. The van der Waals surface area contributed by atoms with Crippen LogP contribution in [0.4, 0.5) is 5.69 Å². The number of furan rings is 1. The number of hydrogen-bond acceptors (Lipinski definition) is 3. The van der Waals surface area contributed by atoms with E-state index >= 15 is 0 Å². The molecule has 0 radical (unpaired) electrons. The summed E-state index contributed by atoms with van der Waals surface area (Å²) in [6, 6.07) is 17.3. The molecule has 0 fully saturated rings. The Morgan fingerprint density at radius 2 is 1.96 bits per heavy atom. The van der Waals surface area contributed by atoms with Gasteiger partial charge in [0.25, 0.3) is 5.91 Å². The van der Waals surface area contributed by atoms with Gasteiger partial charge in [-0.3, -0.25) is 9.59 Å². The van der Waals surface area contributed by atoms with E-state index in [-0.39, 0.29) is 11.8 Å². The van der Waals surface area contributed by atoms with Gasteiger partial charge in [-0.25, -0.2) is 0 Å². The fraction of sp³-hybridized carbons (Fsp3) is 0.217. The Morgan fingerprint density at radius 1 is 1.07 bits per heavy atom. The molecule has 1 aliphatic rings. The van der Waals surface area contributed by atoms with E-state index in [0.717, 1.165) is 28.8 Å². The van der Waals surface area contributed by atoms with E-state index < -0.39 is 0 Å². The second-order valence-electron chi connectivity index (χ2n) is 7.15. The molecule has 0 unspecified atom stereocenters. The first-order valence-corrected chi connectivity index (χ1v) is 9.38. The SMILES string of the molecule is Cc1cccc(CC(=O)Nc2ccc3c(c2)CN(C(=O)c2ccco2)CC3)c1. The number of nitrogens with one attached hydrogen (secondary N) is 1. The number of fused-ring (bicyclic) bond motifs is 1. The van der Waals surface area contributed by atoms with Gasteiger partial charge in [-0.1, -0.05) is 35.9 Å². The molecule has 4 rings (SSSR count). The molecule has 3 aromatic rings. The number of rotatable bonds is 4. The second-order valence-corrected chi connectivity index (χ2v) is 7.15. The molecule has 0 bridgehead atoms. The third kappa shape index (κ3) is 3.98. The van der Waals surface area contributed by atoms with Crippen LogP contribution in [0.2, 0.25) is 0 Å². The average molecular weight is 374 g/mol. The van der Waals surface area contributed by atoms with E-state index in [2.05, 4.69) is 5.32 Å². The lowest BCUT2D eigenvalue weighted by atomic mass is 9.98. The summed E-state index contributed by atoms with van der Waals surface area (Å²) in [5.41, 5.74) is 5.15. The lowest BCUT2D eigenvalue weighted by Crippen LogP contribution is -2.35. The second kappa shape index (κ2) is 7.72. The maximum atomic E-state index is 12.5. The van der Waals surface area contributed by atoms with Gasteiger partial charge in [0.1, 0.15) is 0 Å². The van der Waals surface area contributed by atoms with E-state index in [1.165, 1.54) is 11.8 Å². The first-order chi connectivity index (χ1) is 13.6. The smallest absolute Gasteiger partial charge is 0.289 e. The zero-order valence-electron chi connectivity index (χ0n) is 15.8. The van der Waals surface area contributed by atoms with E-state index in [9.17, 15) is 9.59 Å². The molecule has 1 aliphatic heterocycles. The van der Waals surface area contributed by atoms with Gasteiger partial charge >= 0.3 is 0 Å². The zero-order valence-corrected chi connectivity index (χ0v) is 15.8. The van der Waals surface area contributed by atoms with Crippen molar-refractivity contribution in [3.63, 3.8) is 0 Å². The summed E-state index contributed by atoms with van der Waals surface area (Å²) in [5, 5.41) is 2.97. The van der Waals surface area contributed by atoms with E-state index in [1.807, 2.05) is 49.4 Å². The molecule has 0 aliphatic carbocycles. The molecule has 28 heavy (non-hydrogen) atoms. The Hall–Kier alpha value is -3.34. The van der Waals surface area contributed by atoms with Crippen LogP contribution in [0.5, 0.6) is 0 Å². The molecule has 5 heteroatoms. The molecular weight excluding hydrogens is 352 g/mol. The zero-order chi connectivity index (χ0) is 19.5. The lowest BCUT2D eigenvalue weighted by Gasteiger charge is -2.28. The van der Waals surface area contributed by atoms with Crippen LogP contribution in [0.15, 0.2) is 65.3 Å². The van der Waals surface area contributed by atoms with Gasteiger partial charge in [-0.05, 0) is 54.3 Å². The Kier molecular flexibility index (Phi) is 4.98. The minimum atomic E-state index is -0.107. The van der Waals surface area contributed by atoms with Crippen LogP contribution < -0.4 is 5.32 Å². The topological polar surface area (TPSA) is 62.6 Å². The predicted molar refractivity (Wildman–Crippen MR) is 107 cm³/mol. The average Bonchev–Trinajstić information content (AvgIpc) is 3.21. The quantitative estimate of drug-likeness (QED) is 0.752. The summed E-state index contributed by atoms with van der Waals surface area (Å²) in [6.07, 6.45) is 2.63. The number of carbonyl (C=O) groups excluding carboxylic acids is 2. The van der Waals surface area contributed by atoms with Gasteiger partial charge in [0.15, 0.2) is 5.76 Å². The third-order valence-electron chi connectivity index (χ3n) is 4.97. The maximum Gasteiger partial charge on any atom is 0.289 e. The number of carbonyl (C=O) groups is 2. The summed E-state index contributed by atoms with van der Waals surface area (Å²) in [6.45, 7) is 3.18. The standard InChI is InChI=1S/C23H22N2O3/c1-16-4-2-5-17(12-16)13-22(26)24-20-8-7-18-9-10-25(15-19(18)14-20)23(27)21-6-3-11-28-21/h2-8,11-12,14H,9-10,13,15H2,1H3,(H,24,26). The van der Waals surface area contributed by atoms with E-state index in [0.29, 0.717) is 25.3 Å². The van der Waals surface area contributed by atoms with Crippen LogP contribution in [0.25, 0.3) is 0 Å². The Balaban J connectivity index is 1.44. The largest absolute Gasteiger partial charge is 0.459 e.